The number of rotatable bonds is 8. The van der Waals surface area contributed by atoms with E-state index in [4.69, 9.17) is 51.8 Å². The summed E-state index contributed by atoms with van der Waals surface area (Å²) < 4.78 is 4.99. The van der Waals surface area contributed by atoms with Crippen LogP contribution in [0.1, 0.15) is 22.8 Å². The summed E-state index contributed by atoms with van der Waals surface area (Å²) in [6, 6.07) is 10.5. The van der Waals surface area contributed by atoms with E-state index >= 15 is 0 Å². The molecule has 0 aliphatic rings. The van der Waals surface area contributed by atoms with Gasteiger partial charge in [0.15, 0.2) is 5.11 Å². The molecular formula is C19H19Cl3N2O2S2. The maximum Gasteiger partial charge on any atom is 0.339 e. The van der Waals surface area contributed by atoms with Crippen LogP contribution in [-0.4, -0.2) is 30.0 Å². The Morgan fingerprint density at radius 3 is 2.54 bits per heavy atom. The molecule has 9 heteroatoms. The molecule has 0 unspecified atom stereocenters. The number of benzene rings is 2. The van der Waals surface area contributed by atoms with Crippen LogP contribution in [0, 0.1) is 0 Å². The lowest BCUT2D eigenvalue weighted by Crippen LogP contribution is -2.30. The van der Waals surface area contributed by atoms with Crippen LogP contribution in [0.5, 0.6) is 0 Å². The number of hydrogen-bond acceptors (Lipinski definition) is 4. The number of thiocarbonyl (C=S) groups is 1. The molecule has 0 atom stereocenters. The molecule has 0 saturated heterocycles. The van der Waals surface area contributed by atoms with Gasteiger partial charge in [-0.05, 0) is 55.0 Å². The second kappa shape index (κ2) is 11.7. The maximum absolute atomic E-state index is 11.9. The number of nitrogens with one attached hydrogen (secondary N) is 2. The van der Waals surface area contributed by atoms with Gasteiger partial charge in [0.1, 0.15) is 0 Å². The molecule has 0 spiro atoms. The average molecular weight is 478 g/mol. The number of esters is 1. The Morgan fingerprint density at radius 2 is 1.86 bits per heavy atom. The zero-order chi connectivity index (χ0) is 20.5. The standard InChI is InChI=1S/C19H19Cl3N2O2S2/c1-2-26-18(25)13-10-12(6-7-17(13)22)24-19(27)23-8-9-28-11-14-15(20)4-3-5-16(14)21/h3-7,10H,2,8-9,11H2,1H3,(H2,23,24,27). The van der Waals surface area contributed by atoms with Crippen molar-refractivity contribution in [3.05, 3.63) is 62.6 Å². The first kappa shape index (κ1) is 23.1. The van der Waals surface area contributed by atoms with Gasteiger partial charge in [0.25, 0.3) is 0 Å². The van der Waals surface area contributed by atoms with Gasteiger partial charge in [-0.15, -0.1) is 0 Å². The molecule has 0 saturated carbocycles. The number of carbonyl (C=O) groups is 1. The van der Waals surface area contributed by atoms with Crippen molar-refractivity contribution >= 4 is 75.6 Å². The lowest BCUT2D eigenvalue weighted by Gasteiger charge is -2.12. The smallest absolute Gasteiger partial charge is 0.339 e. The van der Waals surface area contributed by atoms with E-state index in [9.17, 15) is 4.79 Å². The topological polar surface area (TPSA) is 50.4 Å². The third kappa shape index (κ3) is 7.01. The number of halogens is 3. The van der Waals surface area contributed by atoms with E-state index in [0.717, 1.165) is 17.1 Å². The number of anilines is 1. The largest absolute Gasteiger partial charge is 0.462 e. The molecule has 0 radical (unpaired) electrons. The Labute approximate surface area is 189 Å². The van der Waals surface area contributed by atoms with Crippen molar-refractivity contribution in [2.45, 2.75) is 12.7 Å². The molecule has 0 aromatic heterocycles. The number of carbonyl (C=O) groups excluding carboxylic acids is 1. The van der Waals surface area contributed by atoms with Crippen LogP contribution in [0.3, 0.4) is 0 Å². The van der Waals surface area contributed by atoms with Crippen LogP contribution in [0.25, 0.3) is 0 Å². The summed E-state index contributed by atoms with van der Waals surface area (Å²) in [4.78, 5) is 11.9. The minimum atomic E-state index is -0.468. The lowest BCUT2D eigenvalue weighted by atomic mass is 10.2. The molecule has 2 N–H and O–H groups in total. The number of hydrogen-bond donors (Lipinski definition) is 2. The van der Waals surface area contributed by atoms with E-state index in [-0.39, 0.29) is 6.61 Å². The molecule has 2 aromatic carbocycles. The molecule has 4 nitrogen and oxygen atoms in total. The average Bonchev–Trinajstić information content (AvgIpc) is 2.65. The van der Waals surface area contributed by atoms with Crippen LogP contribution in [0.4, 0.5) is 5.69 Å². The molecule has 0 fully saturated rings. The van der Waals surface area contributed by atoms with Gasteiger partial charge >= 0.3 is 5.97 Å². The Bertz CT molecular complexity index is 830. The Balaban J connectivity index is 1.78. The lowest BCUT2D eigenvalue weighted by molar-refractivity contribution is 0.0526. The SMILES string of the molecule is CCOC(=O)c1cc(NC(=S)NCCSCc2c(Cl)cccc2Cl)ccc1Cl. The molecule has 0 aliphatic carbocycles. The fourth-order valence-electron chi connectivity index (χ4n) is 2.22. The second-order valence-electron chi connectivity index (χ2n) is 5.55. The summed E-state index contributed by atoms with van der Waals surface area (Å²) in [6.07, 6.45) is 0. The molecule has 2 aromatic rings. The van der Waals surface area contributed by atoms with E-state index in [0.29, 0.717) is 38.0 Å². The van der Waals surface area contributed by atoms with Gasteiger partial charge in [-0.2, -0.15) is 11.8 Å². The van der Waals surface area contributed by atoms with Crippen LogP contribution < -0.4 is 10.6 Å². The van der Waals surface area contributed by atoms with Crippen molar-refractivity contribution in [3.63, 3.8) is 0 Å². The van der Waals surface area contributed by atoms with Crippen LogP contribution >= 0.6 is 58.8 Å². The summed E-state index contributed by atoms with van der Waals surface area (Å²) in [6.45, 7) is 2.69. The minimum absolute atomic E-state index is 0.282. The molecule has 28 heavy (non-hydrogen) atoms. The van der Waals surface area contributed by atoms with Crippen LogP contribution in [0.2, 0.25) is 15.1 Å². The highest BCUT2D eigenvalue weighted by atomic mass is 35.5. The van der Waals surface area contributed by atoms with Gasteiger partial charge in [0.2, 0.25) is 0 Å². The van der Waals surface area contributed by atoms with Crippen LogP contribution in [0.15, 0.2) is 36.4 Å². The predicted molar refractivity (Wildman–Crippen MR) is 124 cm³/mol. The normalized spacial score (nSPS) is 10.4. The van der Waals surface area contributed by atoms with Crippen molar-refractivity contribution in [2.75, 3.05) is 24.2 Å². The van der Waals surface area contributed by atoms with Gasteiger partial charge in [-0.3, -0.25) is 0 Å². The van der Waals surface area contributed by atoms with Gasteiger partial charge in [0.05, 0.1) is 17.2 Å². The summed E-state index contributed by atoms with van der Waals surface area (Å²) in [7, 11) is 0. The zero-order valence-electron chi connectivity index (χ0n) is 15.1. The summed E-state index contributed by atoms with van der Waals surface area (Å²) >= 11 is 25.4. The van der Waals surface area contributed by atoms with Gasteiger partial charge in [0, 0.05) is 33.8 Å². The summed E-state index contributed by atoms with van der Waals surface area (Å²) in [5.74, 6) is 1.07. The van der Waals surface area contributed by atoms with E-state index in [1.807, 2.05) is 18.2 Å². The molecule has 0 aliphatic heterocycles. The summed E-state index contributed by atoms with van der Waals surface area (Å²) in [5.41, 5.74) is 1.88. The van der Waals surface area contributed by atoms with Crippen molar-refractivity contribution in [1.29, 1.82) is 0 Å². The number of ether oxygens (including phenoxy) is 1. The van der Waals surface area contributed by atoms with E-state index < -0.39 is 5.97 Å². The van der Waals surface area contributed by atoms with Crippen molar-refractivity contribution in [2.24, 2.45) is 0 Å². The maximum atomic E-state index is 11.9. The molecule has 2 rings (SSSR count). The fraction of sp³-hybridized carbons (Fsp3) is 0.263. The monoisotopic (exact) mass is 476 g/mol. The molecular weight excluding hydrogens is 459 g/mol. The quantitative estimate of drug-likeness (QED) is 0.274. The molecule has 0 bridgehead atoms. The first-order chi connectivity index (χ1) is 13.4. The fourth-order valence-corrected chi connectivity index (χ4v) is 4.23. The zero-order valence-corrected chi connectivity index (χ0v) is 19.0. The highest BCUT2D eigenvalue weighted by Gasteiger charge is 2.12. The van der Waals surface area contributed by atoms with Gasteiger partial charge in [-0.1, -0.05) is 40.9 Å². The van der Waals surface area contributed by atoms with Crippen LogP contribution in [-0.2, 0) is 10.5 Å². The Hall–Kier alpha value is -1.18. The highest BCUT2D eigenvalue weighted by molar-refractivity contribution is 7.98. The van der Waals surface area contributed by atoms with Crippen molar-refractivity contribution in [1.82, 2.24) is 5.32 Å². The second-order valence-corrected chi connectivity index (χ2v) is 8.28. The third-order valence-corrected chi connectivity index (χ3v) is 5.83. The first-order valence-electron chi connectivity index (χ1n) is 8.44. The first-order valence-corrected chi connectivity index (χ1v) is 11.1. The summed E-state index contributed by atoms with van der Waals surface area (Å²) in [5, 5.41) is 8.28. The van der Waals surface area contributed by atoms with Crippen molar-refractivity contribution < 1.29 is 9.53 Å². The molecule has 150 valence electrons. The molecule has 0 amide bonds. The number of thioether (sulfide) groups is 1. The van der Waals surface area contributed by atoms with Crippen molar-refractivity contribution in [3.8, 4) is 0 Å². The molecule has 0 heterocycles. The van der Waals surface area contributed by atoms with Gasteiger partial charge < -0.3 is 15.4 Å². The minimum Gasteiger partial charge on any atom is -0.462 e. The van der Waals surface area contributed by atoms with E-state index in [2.05, 4.69) is 10.6 Å². The predicted octanol–water partition coefficient (Wildman–Crippen LogP) is 6.04. The Morgan fingerprint density at radius 1 is 1.14 bits per heavy atom. The third-order valence-electron chi connectivity index (χ3n) is 3.56. The van der Waals surface area contributed by atoms with E-state index in [1.54, 1.807) is 36.9 Å². The van der Waals surface area contributed by atoms with Gasteiger partial charge in [-0.25, -0.2) is 4.79 Å². The highest BCUT2D eigenvalue weighted by Crippen LogP contribution is 2.28. The Kier molecular flexibility index (Phi) is 9.68. The van der Waals surface area contributed by atoms with E-state index in [1.165, 1.54) is 0 Å².